The van der Waals surface area contributed by atoms with Gasteiger partial charge in [-0.3, -0.25) is 4.79 Å². The van der Waals surface area contributed by atoms with E-state index >= 15 is 0 Å². The van der Waals surface area contributed by atoms with E-state index in [1.807, 2.05) is 0 Å². The molecule has 1 aromatic carbocycles. The fraction of sp³-hybridized carbons (Fsp3) is 0.235. The number of pyridine rings is 1. The molecule has 0 saturated carbocycles. The highest BCUT2D eigenvalue weighted by Gasteiger charge is 2.25. The quantitative estimate of drug-likeness (QED) is 0.400. The van der Waals surface area contributed by atoms with Crippen LogP contribution in [0.5, 0.6) is 0 Å². The van der Waals surface area contributed by atoms with E-state index < -0.39 is 17.4 Å². The van der Waals surface area contributed by atoms with E-state index in [0.717, 1.165) is 4.68 Å². The molecule has 2 heterocycles. The maximum atomic E-state index is 12.6. The number of nitrogens with one attached hydrogen (secondary N) is 1. The predicted octanol–water partition coefficient (Wildman–Crippen LogP) is 1.33. The lowest BCUT2D eigenvalue weighted by molar-refractivity contribution is -0.152. The minimum atomic E-state index is -1.96. The molecule has 5 N–H and O–H groups in total. The summed E-state index contributed by atoms with van der Waals surface area (Å²) in [7, 11) is 0. The van der Waals surface area contributed by atoms with Gasteiger partial charge in [0.05, 0.1) is 11.6 Å². The van der Waals surface area contributed by atoms with Gasteiger partial charge in [0.15, 0.2) is 11.4 Å². The Labute approximate surface area is 153 Å². The van der Waals surface area contributed by atoms with Gasteiger partial charge >= 0.3 is 0 Å². The summed E-state index contributed by atoms with van der Waals surface area (Å²) in [6.07, 6.45) is 1.49. The molecule has 0 radical (unpaired) electrons. The summed E-state index contributed by atoms with van der Waals surface area (Å²) in [5, 5.41) is 22.9. The van der Waals surface area contributed by atoms with E-state index in [4.69, 9.17) is 17.4 Å². The lowest BCUT2D eigenvalue weighted by Crippen LogP contribution is -2.42. The maximum Gasteiger partial charge on any atom is 0.278 e. The van der Waals surface area contributed by atoms with Gasteiger partial charge in [0.25, 0.3) is 5.56 Å². The van der Waals surface area contributed by atoms with Gasteiger partial charge in [0.1, 0.15) is 0 Å². The minimum absolute atomic E-state index is 0.114. The van der Waals surface area contributed by atoms with Gasteiger partial charge < -0.3 is 21.4 Å². The second-order valence-electron chi connectivity index (χ2n) is 6.15. The Morgan fingerprint density at radius 3 is 2.65 bits per heavy atom. The maximum absolute atomic E-state index is 12.6. The van der Waals surface area contributed by atoms with Crippen LogP contribution in [0.4, 0.5) is 5.95 Å². The normalized spacial score (nSPS) is 13.0. The molecule has 1 atom stereocenters. The average Bonchev–Trinajstić information content (AvgIpc) is 2.58. The highest BCUT2D eigenvalue weighted by atomic mass is 35.5. The van der Waals surface area contributed by atoms with Crippen LogP contribution in [0.15, 0.2) is 41.3 Å². The van der Waals surface area contributed by atoms with E-state index in [1.165, 1.54) is 13.1 Å². The number of rotatable bonds is 4. The van der Waals surface area contributed by atoms with Gasteiger partial charge in [-0.25, -0.2) is 9.66 Å². The summed E-state index contributed by atoms with van der Waals surface area (Å²) in [4.78, 5) is 21.0. The van der Waals surface area contributed by atoms with Crippen LogP contribution in [0.2, 0.25) is 5.02 Å². The number of hydrogen-bond acceptors (Lipinski definition) is 7. The molecule has 0 spiro atoms. The Bertz CT molecular complexity index is 1030. The zero-order valence-corrected chi connectivity index (χ0v) is 14.9. The molecule has 0 unspecified atom stereocenters. The number of benzene rings is 1. The van der Waals surface area contributed by atoms with Gasteiger partial charge in [0, 0.05) is 22.2 Å². The number of anilines is 1. The molecule has 0 aliphatic heterocycles. The van der Waals surface area contributed by atoms with Crippen LogP contribution in [-0.4, -0.2) is 36.7 Å². The third-order valence-corrected chi connectivity index (χ3v) is 4.43. The average molecular weight is 376 g/mol. The van der Waals surface area contributed by atoms with Crippen molar-refractivity contribution in [2.45, 2.75) is 25.7 Å². The van der Waals surface area contributed by atoms with Crippen molar-refractivity contribution in [1.29, 1.82) is 0 Å². The summed E-state index contributed by atoms with van der Waals surface area (Å²) in [5.41, 5.74) is 0.638. The van der Waals surface area contributed by atoms with E-state index in [2.05, 4.69) is 15.3 Å². The van der Waals surface area contributed by atoms with Crippen molar-refractivity contribution in [1.82, 2.24) is 14.6 Å². The Balaban J connectivity index is 2.11. The molecule has 0 fully saturated rings. The first-order chi connectivity index (χ1) is 12.2. The number of aliphatic hydroxyl groups is 2. The van der Waals surface area contributed by atoms with Gasteiger partial charge in [-0.05, 0) is 26.0 Å². The lowest BCUT2D eigenvalue weighted by atomic mass is 10.1. The Hall–Kier alpha value is -2.68. The molecule has 0 aliphatic carbocycles. The van der Waals surface area contributed by atoms with Gasteiger partial charge in [-0.15, -0.1) is 0 Å². The fourth-order valence-corrected chi connectivity index (χ4v) is 2.63. The highest BCUT2D eigenvalue weighted by molar-refractivity contribution is 6.33. The number of nitrogen functional groups attached to an aromatic ring is 1. The first-order valence-electron chi connectivity index (χ1n) is 7.82. The summed E-state index contributed by atoms with van der Waals surface area (Å²) < 4.78 is 0.919. The number of nitrogens with zero attached hydrogens (tertiary/aromatic N) is 3. The molecule has 0 aliphatic rings. The molecule has 136 valence electrons. The topological polar surface area (TPSA) is 126 Å². The SMILES string of the molecule is C[C@H](Nc1ncc2cc(-c3ccccc3Cl)c(=O)n(N)c2n1)C(C)(O)O. The molecule has 26 heavy (non-hydrogen) atoms. The first kappa shape index (κ1) is 18.1. The fourth-order valence-electron chi connectivity index (χ4n) is 2.39. The third kappa shape index (κ3) is 3.34. The zero-order chi connectivity index (χ0) is 19.1. The first-order valence-corrected chi connectivity index (χ1v) is 8.20. The van der Waals surface area contributed by atoms with E-state index in [1.54, 1.807) is 37.3 Å². The van der Waals surface area contributed by atoms with Gasteiger partial charge in [-0.2, -0.15) is 4.98 Å². The second kappa shape index (κ2) is 6.56. The van der Waals surface area contributed by atoms with Crippen LogP contribution in [-0.2, 0) is 0 Å². The smallest absolute Gasteiger partial charge is 0.278 e. The number of nitrogens with two attached hydrogens (primary N) is 1. The molecule has 8 nitrogen and oxygen atoms in total. The van der Waals surface area contributed by atoms with E-state index in [9.17, 15) is 15.0 Å². The standard InChI is InChI=1S/C17H18ClN5O3/c1-9(17(2,25)26)21-16-20-8-10-7-12(11-5-3-4-6-13(11)18)15(24)23(19)14(10)22-16/h3-9,25-26H,19H2,1-2H3,(H,20,21,22)/t9-/m0/s1. The van der Waals surface area contributed by atoms with Crippen LogP contribution < -0.4 is 16.7 Å². The van der Waals surface area contributed by atoms with Crippen molar-refractivity contribution >= 4 is 28.6 Å². The van der Waals surface area contributed by atoms with Gasteiger partial charge in [0.2, 0.25) is 5.95 Å². The Kier molecular flexibility index (Phi) is 4.57. The van der Waals surface area contributed by atoms with E-state index in [-0.39, 0.29) is 11.6 Å². The number of aromatic nitrogens is 3. The van der Waals surface area contributed by atoms with Crippen LogP contribution in [0.1, 0.15) is 13.8 Å². The third-order valence-electron chi connectivity index (χ3n) is 4.10. The second-order valence-corrected chi connectivity index (χ2v) is 6.55. The van der Waals surface area contributed by atoms with E-state index in [0.29, 0.717) is 21.5 Å². The molecule has 3 rings (SSSR count). The summed E-state index contributed by atoms with van der Waals surface area (Å²) in [6.45, 7) is 2.80. The van der Waals surface area contributed by atoms with Crippen LogP contribution in [0, 0.1) is 0 Å². The molecule has 0 bridgehead atoms. The van der Waals surface area contributed by atoms with Crippen molar-refractivity contribution in [2.75, 3.05) is 11.2 Å². The molecular formula is C17H18ClN5O3. The largest absolute Gasteiger partial charge is 0.364 e. The number of halogens is 1. The molecule has 2 aromatic heterocycles. The lowest BCUT2D eigenvalue weighted by Gasteiger charge is -2.25. The summed E-state index contributed by atoms with van der Waals surface area (Å²) in [6, 6.07) is 7.83. The monoisotopic (exact) mass is 375 g/mol. The van der Waals surface area contributed by atoms with Crippen molar-refractivity contribution in [3.63, 3.8) is 0 Å². The van der Waals surface area contributed by atoms with Crippen molar-refractivity contribution in [3.05, 3.63) is 51.9 Å². The number of hydrogen-bond donors (Lipinski definition) is 4. The highest BCUT2D eigenvalue weighted by Crippen LogP contribution is 2.26. The van der Waals surface area contributed by atoms with Crippen LogP contribution in [0.3, 0.4) is 0 Å². The van der Waals surface area contributed by atoms with Crippen molar-refractivity contribution in [2.24, 2.45) is 0 Å². The zero-order valence-electron chi connectivity index (χ0n) is 14.1. The van der Waals surface area contributed by atoms with Crippen LogP contribution in [0.25, 0.3) is 22.2 Å². The summed E-state index contributed by atoms with van der Waals surface area (Å²) in [5.74, 6) is 4.09. The van der Waals surface area contributed by atoms with Crippen molar-refractivity contribution < 1.29 is 10.2 Å². The molecule has 3 aromatic rings. The molecule has 0 saturated heterocycles. The predicted molar refractivity (Wildman–Crippen MR) is 100 cm³/mol. The molecule has 9 heteroatoms. The Morgan fingerprint density at radius 1 is 1.31 bits per heavy atom. The molecule has 0 amide bonds. The summed E-state index contributed by atoms with van der Waals surface area (Å²) >= 11 is 6.18. The molecular weight excluding hydrogens is 358 g/mol. The Morgan fingerprint density at radius 2 is 2.00 bits per heavy atom. The minimum Gasteiger partial charge on any atom is -0.364 e. The van der Waals surface area contributed by atoms with Crippen LogP contribution >= 0.6 is 11.6 Å². The number of fused-ring (bicyclic) bond motifs is 1. The van der Waals surface area contributed by atoms with Crippen molar-refractivity contribution in [3.8, 4) is 11.1 Å². The van der Waals surface area contributed by atoms with Gasteiger partial charge in [-0.1, -0.05) is 29.8 Å².